The number of rotatable bonds is 6. The van der Waals surface area contributed by atoms with Gasteiger partial charge in [0.15, 0.2) is 0 Å². The van der Waals surface area contributed by atoms with Gasteiger partial charge in [-0.2, -0.15) is 0 Å². The molecule has 27 heavy (non-hydrogen) atoms. The normalized spacial score (nSPS) is 10.5. The van der Waals surface area contributed by atoms with E-state index in [-0.39, 0.29) is 11.7 Å². The Kier molecular flexibility index (Phi) is 6.04. The van der Waals surface area contributed by atoms with Gasteiger partial charge < -0.3 is 10.6 Å². The molecule has 4 nitrogen and oxygen atoms in total. The van der Waals surface area contributed by atoms with Gasteiger partial charge in [-0.1, -0.05) is 29.8 Å². The minimum absolute atomic E-state index is 0.207. The zero-order valence-corrected chi connectivity index (χ0v) is 15.6. The molecule has 3 aromatic rings. The molecule has 0 aliphatic heterocycles. The maximum Gasteiger partial charge on any atom is 0.274 e. The maximum absolute atomic E-state index is 13.6. The quantitative estimate of drug-likeness (QED) is 0.623. The van der Waals surface area contributed by atoms with Gasteiger partial charge in [-0.05, 0) is 60.9 Å². The van der Waals surface area contributed by atoms with Crippen molar-refractivity contribution in [2.45, 2.75) is 13.3 Å². The van der Waals surface area contributed by atoms with Gasteiger partial charge in [0.05, 0.1) is 11.9 Å². The molecule has 0 unspecified atom stereocenters. The number of halogens is 2. The summed E-state index contributed by atoms with van der Waals surface area (Å²) in [5.41, 5.74) is 3.31. The lowest BCUT2D eigenvalue weighted by Gasteiger charge is -2.10. The van der Waals surface area contributed by atoms with Crippen molar-refractivity contribution in [3.05, 3.63) is 88.5 Å². The summed E-state index contributed by atoms with van der Waals surface area (Å²) in [6.07, 6.45) is 2.15. The minimum atomic E-state index is -0.293. The number of anilines is 2. The molecule has 0 aliphatic carbocycles. The Morgan fingerprint density at radius 1 is 1.15 bits per heavy atom. The van der Waals surface area contributed by atoms with Crippen LogP contribution in [0.1, 0.15) is 21.6 Å². The van der Waals surface area contributed by atoms with Gasteiger partial charge in [0.25, 0.3) is 5.91 Å². The molecule has 0 saturated carbocycles. The number of pyridine rings is 1. The molecular weight excluding hydrogens is 365 g/mol. The summed E-state index contributed by atoms with van der Waals surface area (Å²) in [5.74, 6) is -0.500. The molecule has 138 valence electrons. The number of amides is 1. The summed E-state index contributed by atoms with van der Waals surface area (Å²) in [4.78, 5) is 16.5. The first kappa shape index (κ1) is 18.9. The van der Waals surface area contributed by atoms with Crippen LogP contribution in [0, 0.1) is 12.7 Å². The highest BCUT2D eigenvalue weighted by Crippen LogP contribution is 2.20. The van der Waals surface area contributed by atoms with Crippen LogP contribution in [0.4, 0.5) is 15.8 Å². The summed E-state index contributed by atoms with van der Waals surface area (Å²) in [6.45, 7) is 2.44. The van der Waals surface area contributed by atoms with Gasteiger partial charge in [0.2, 0.25) is 0 Å². The van der Waals surface area contributed by atoms with E-state index in [0.29, 0.717) is 34.9 Å². The molecule has 0 radical (unpaired) electrons. The predicted octanol–water partition coefficient (Wildman–Crippen LogP) is 5.09. The molecule has 1 aromatic heterocycles. The Morgan fingerprint density at radius 3 is 2.67 bits per heavy atom. The van der Waals surface area contributed by atoms with Crippen LogP contribution in [-0.2, 0) is 6.42 Å². The second kappa shape index (κ2) is 8.64. The molecular formula is C21H19ClFN3O. The third kappa shape index (κ3) is 5.05. The van der Waals surface area contributed by atoms with E-state index in [1.165, 1.54) is 6.07 Å². The average molecular weight is 384 g/mol. The molecule has 0 saturated heterocycles. The van der Waals surface area contributed by atoms with E-state index >= 15 is 0 Å². The largest absolute Gasteiger partial charge is 0.383 e. The lowest BCUT2D eigenvalue weighted by atomic mass is 10.1. The van der Waals surface area contributed by atoms with E-state index in [1.807, 2.05) is 13.0 Å². The van der Waals surface area contributed by atoms with E-state index in [1.54, 1.807) is 48.7 Å². The van der Waals surface area contributed by atoms with Crippen LogP contribution in [-0.4, -0.2) is 17.4 Å². The molecule has 0 atom stereocenters. The predicted molar refractivity (Wildman–Crippen MR) is 107 cm³/mol. The molecule has 2 N–H and O–H groups in total. The highest BCUT2D eigenvalue weighted by atomic mass is 35.5. The van der Waals surface area contributed by atoms with Crippen molar-refractivity contribution in [1.82, 2.24) is 4.98 Å². The number of nitrogens with one attached hydrogen (secondary N) is 2. The molecule has 1 amide bonds. The number of nitrogens with zero attached hydrogens (tertiary/aromatic N) is 1. The van der Waals surface area contributed by atoms with Gasteiger partial charge in [-0.25, -0.2) is 9.37 Å². The minimum Gasteiger partial charge on any atom is -0.383 e. The summed E-state index contributed by atoms with van der Waals surface area (Å²) < 4.78 is 13.6. The topological polar surface area (TPSA) is 54.0 Å². The van der Waals surface area contributed by atoms with Crippen LogP contribution in [0.25, 0.3) is 0 Å². The number of carbonyl (C=O) groups excluding carboxylic acids is 1. The first-order chi connectivity index (χ1) is 13.0. The molecule has 0 bridgehead atoms. The van der Waals surface area contributed by atoms with Crippen LogP contribution >= 0.6 is 11.6 Å². The number of hydrogen-bond donors (Lipinski definition) is 2. The SMILES string of the molecule is Cc1cc(Cl)ccc1NC(=O)c1ccc(NCCc2ccccc2F)cn1. The standard InChI is InChI=1S/C21H19ClFN3O/c1-14-12-16(22)6-8-19(14)26-21(27)20-9-7-17(13-25-20)24-11-10-15-4-2-3-5-18(15)23/h2-9,12-13,24H,10-11H2,1H3,(H,26,27). The van der Waals surface area contributed by atoms with Crippen molar-refractivity contribution in [3.63, 3.8) is 0 Å². The average Bonchev–Trinajstić information content (AvgIpc) is 2.66. The first-order valence-electron chi connectivity index (χ1n) is 8.54. The van der Waals surface area contributed by atoms with E-state index in [0.717, 1.165) is 11.3 Å². The van der Waals surface area contributed by atoms with Crippen LogP contribution < -0.4 is 10.6 Å². The number of hydrogen-bond acceptors (Lipinski definition) is 3. The van der Waals surface area contributed by atoms with E-state index in [9.17, 15) is 9.18 Å². The Bertz CT molecular complexity index is 944. The fraction of sp³-hybridized carbons (Fsp3) is 0.143. The van der Waals surface area contributed by atoms with Crippen LogP contribution in [0.5, 0.6) is 0 Å². The third-order valence-corrected chi connectivity index (χ3v) is 4.35. The second-order valence-electron chi connectivity index (χ2n) is 6.11. The highest BCUT2D eigenvalue weighted by Gasteiger charge is 2.09. The Morgan fingerprint density at radius 2 is 1.96 bits per heavy atom. The smallest absolute Gasteiger partial charge is 0.274 e. The zero-order valence-electron chi connectivity index (χ0n) is 14.8. The molecule has 0 fully saturated rings. The molecule has 0 spiro atoms. The molecule has 6 heteroatoms. The van der Waals surface area contributed by atoms with Crippen LogP contribution in [0.2, 0.25) is 5.02 Å². The van der Waals surface area contributed by atoms with Crippen LogP contribution in [0.3, 0.4) is 0 Å². The molecule has 2 aromatic carbocycles. The van der Waals surface area contributed by atoms with Crippen LogP contribution in [0.15, 0.2) is 60.8 Å². The summed E-state index contributed by atoms with van der Waals surface area (Å²) in [7, 11) is 0. The maximum atomic E-state index is 13.6. The van der Waals surface area contributed by atoms with Gasteiger partial charge in [0.1, 0.15) is 11.5 Å². The highest BCUT2D eigenvalue weighted by molar-refractivity contribution is 6.30. The van der Waals surface area contributed by atoms with Crippen molar-refractivity contribution in [3.8, 4) is 0 Å². The number of aryl methyl sites for hydroxylation is 1. The lowest BCUT2D eigenvalue weighted by molar-refractivity contribution is 0.102. The Labute approximate surface area is 162 Å². The summed E-state index contributed by atoms with van der Waals surface area (Å²) in [6, 6.07) is 15.4. The van der Waals surface area contributed by atoms with E-state index < -0.39 is 0 Å². The lowest BCUT2D eigenvalue weighted by Crippen LogP contribution is -2.14. The van der Waals surface area contributed by atoms with Crippen molar-refractivity contribution >= 4 is 28.9 Å². The fourth-order valence-electron chi connectivity index (χ4n) is 2.63. The van der Waals surface area contributed by atoms with E-state index in [4.69, 9.17) is 11.6 Å². The van der Waals surface area contributed by atoms with Gasteiger partial charge in [-0.3, -0.25) is 4.79 Å². The van der Waals surface area contributed by atoms with Gasteiger partial charge >= 0.3 is 0 Å². The molecule has 3 rings (SSSR count). The summed E-state index contributed by atoms with van der Waals surface area (Å²) >= 11 is 5.92. The van der Waals surface area contributed by atoms with Crippen molar-refractivity contribution in [1.29, 1.82) is 0 Å². The molecule has 1 heterocycles. The zero-order chi connectivity index (χ0) is 19.2. The van der Waals surface area contributed by atoms with Crippen molar-refractivity contribution in [2.75, 3.05) is 17.2 Å². The van der Waals surface area contributed by atoms with Gasteiger partial charge in [-0.15, -0.1) is 0 Å². The Hall–Kier alpha value is -2.92. The number of benzene rings is 2. The molecule has 0 aliphatic rings. The second-order valence-corrected chi connectivity index (χ2v) is 6.55. The number of aromatic nitrogens is 1. The number of carbonyl (C=O) groups is 1. The Balaban J connectivity index is 1.56. The van der Waals surface area contributed by atoms with Gasteiger partial charge in [0, 0.05) is 17.3 Å². The fourth-order valence-corrected chi connectivity index (χ4v) is 2.86. The third-order valence-electron chi connectivity index (χ3n) is 4.11. The monoisotopic (exact) mass is 383 g/mol. The van der Waals surface area contributed by atoms with Crippen molar-refractivity contribution < 1.29 is 9.18 Å². The van der Waals surface area contributed by atoms with Crippen molar-refractivity contribution in [2.24, 2.45) is 0 Å². The van der Waals surface area contributed by atoms with E-state index in [2.05, 4.69) is 15.6 Å². The first-order valence-corrected chi connectivity index (χ1v) is 8.91. The summed E-state index contributed by atoms with van der Waals surface area (Å²) in [5, 5.41) is 6.62.